The molecule has 4 rings (SSSR count). The van der Waals surface area contributed by atoms with Crippen molar-refractivity contribution in [2.24, 2.45) is 0 Å². The van der Waals surface area contributed by atoms with E-state index in [1.807, 2.05) is 49.4 Å². The van der Waals surface area contributed by atoms with Crippen LogP contribution >= 0.6 is 22.9 Å². The average molecular weight is 354 g/mol. The number of hydrogen-bond donors (Lipinski definition) is 0. The number of aryl methyl sites for hydroxylation is 1. The van der Waals surface area contributed by atoms with Crippen LogP contribution in [0.15, 0.2) is 53.3 Å². The summed E-state index contributed by atoms with van der Waals surface area (Å²) in [6, 6.07) is 15.2. The SMILES string of the molecule is Cc1ccc(/C=c2\sc3nnc(-c4ccc(Cl)cc4)n3c2=O)cc1. The van der Waals surface area contributed by atoms with Gasteiger partial charge in [-0.3, -0.25) is 4.79 Å². The Balaban J connectivity index is 1.89. The molecule has 24 heavy (non-hydrogen) atoms. The van der Waals surface area contributed by atoms with Gasteiger partial charge in [0.15, 0.2) is 5.82 Å². The molecule has 2 heterocycles. The second kappa shape index (κ2) is 5.85. The van der Waals surface area contributed by atoms with Gasteiger partial charge in [-0.15, -0.1) is 10.2 Å². The summed E-state index contributed by atoms with van der Waals surface area (Å²) in [5.74, 6) is 0.534. The van der Waals surface area contributed by atoms with Gasteiger partial charge >= 0.3 is 0 Å². The van der Waals surface area contributed by atoms with Crippen LogP contribution in [0, 0.1) is 6.92 Å². The topological polar surface area (TPSA) is 47.3 Å². The van der Waals surface area contributed by atoms with E-state index in [1.54, 1.807) is 16.5 Å². The predicted octanol–water partition coefficient (Wildman–Crippen LogP) is 3.33. The Morgan fingerprint density at radius 2 is 1.75 bits per heavy atom. The minimum Gasteiger partial charge on any atom is -0.267 e. The van der Waals surface area contributed by atoms with Crippen molar-refractivity contribution in [1.29, 1.82) is 0 Å². The van der Waals surface area contributed by atoms with Gasteiger partial charge in [0.2, 0.25) is 4.96 Å². The van der Waals surface area contributed by atoms with Crippen molar-refractivity contribution < 1.29 is 0 Å². The number of fused-ring (bicyclic) bond motifs is 1. The van der Waals surface area contributed by atoms with Gasteiger partial charge in [-0.05, 0) is 42.8 Å². The smallest absolute Gasteiger partial charge is 0.267 e. The third-order valence-corrected chi connectivity index (χ3v) is 4.94. The zero-order valence-corrected chi connectivity index (χ0v) is 14.3. The molecule has 2 aromatic heterocycles. The Hall–Kier alpha value is -2.50. The largest absolute Gasteiger partial charge is 0.276 e. The molecule has 0 radical (unpaired) electrons. The molecular formula is C18H12ClN3OS. The van der Waals surface area contributed by atoms with Gasteiger partial charge in [0.1, 0.15) is 0 Å². The number of nitrogens with zero attached hydrogens (tertiary/aromatic N) is 3. The number of rotatable bonds is 2. The van der Waals surface area contributed by atoms with Crippen LogP contribution in [0.2, 0.25) is 5.02 Å². The predicted molar refractivity (Wildman–Crippen MR) is 97.5 cm³/mol. The molecule has 6 heteroatoms. The summed E-state index contributed by atoms with van der Waals surface area (Å²) in [5, 5.41) is 8.91. The van der Waals surface area contributed by atoms with Crippen LogP contribution in [0.25, 0.3) is 22.4 Å². The second-order valence-electron chi connectivity index (χ2n) is 5.47. The van der Waals surface area contributed by atoms with E-state index in [1.165, 1.54) is 16.9 Å². The van der Waals surface area contributed by atoms with Crippen molar-refractivity contribution in [1.82, 2.24) is 14.6 Å². The lowest BCUT2D eigenvalue weighted by atomic mass is 10.1. The highest BCUT2D eigenvalue weighted by Crippen LogP contribution is 2.20. The molecule has 0 unspecified atom stereocenters. The molecular weight excluding hydrogens is 342 g/mol. The van der Waals surface area contributed by atoms with Crippen LogP contribution in [0.4, 0.5) is 0 Å². The molecule has 0 amide bonds. The molecule has 0 atom stereocenters. The maximum Gasteiger partial charge on any atom is 0.276 e. The van der Waals surface area contributed by atoms with Gasteiger partial charge in [0.05, 0.1) is 4.53 Å². The molecule has 0 fully saturated rings. The number of aromatic nitrogens is 3. The Kier molecular flexibility index (Phi) is 3.67. The molecule has 4 nitrogen and oxygen atoms in total. The summed E-state index contributed by atoms with van der Waals surface area (Å²) in [6.45, 7) is 2.03. The Bertz CT molecular complexity index is 1130. The fourth-order valence-corrected chi connectivity index (χ4v) is 3.50. The highest BCUT2D eigenvalue weighted by molar-refractivity contribution is 7.15. The Morgan fingerprint density at radius 1 is 1.04 bits per heavy atom. The lowest BCUT2D eigenvalue weighted by molar-refractivity contribution is 1.09. The maximum absolute atomic E-state index is 12.8. The van der Waals surface area contributed by atoms with Crippen molar-refractivity contribution in [3.8, 4) is 11.4 Å². The number of benzene rings is 2. The van der Waals surface area contributed by atoms with Gasteiger partial charge in [-0.1, -0.05) is 52.8 Å². The summed E-state index contributed by atoms with van der Waals surface area (Å²) < 4.78 is 2.19. The molecule has 2 aromatic carbocycles. The van der Waals surface area contributed by atoms with Crippen LogP contribution in [0.3, 0.4) is 0 Å². The average Bonchev–Trinajstić information content (AvgIpc) is 3.12. The van der Waals surface area contributed by atoms with Crippen molar-refractivity contribution in [2.75, 3.05) is 0 Å². The van der Waals surface area contributed by atoms with E-state index >= 15 is 0 Å². The standard InChI is InChI=1S/C18H12ClN3OS/c1-11-2-4-12(5-3-11)10-15-17(23)22-16(20-21-18(22)24-15)13-6-8-14(19)9-7-13/h2-10H,1H3/b15-10-. The van der Waals surface area contributed by atoms with E-state index in [0.29, 0.717) is 20.3 Å². The van der Waals surface area contributed by atoms with Crippen LogP contribution in [0.5, 0.6) is 0 Å². The van der Waals surface area contributed by atoms with Gasteiger partial charge in [-0.25, -0.2) is 4.40 Å². The first-order chi connectivity index (χ1) is 11.6. The zero-order chi connectivity index (χ0) is 16.7. The van der Waals surface area contributed by atoms with Crippen molar-refractivity contribution in [2.45, 2.75) is 6.92 Å². The normalized spacial score (nSPS) is 12.2. The molecule has 0 bridgehead atoms. The molecule has 118 valence electrons. The first-order valence-electron chi connectivity index (χ1n) is 7.34. The van der Waals surface area contributed by atoms with E-state index in [2.05, 4.69) is 10.2 Å². The third kappa shape index (κ3) is 2.62. The maximum atomic E-state index is 12.8. The molecule has 0 saturated heterocycles. The summed E-state index contributed by atoms with van der Waals surface area (Å²) in [5.41, 5.74) is 2.88. The van der Waals surface area contributed by atoms with Crippen LogP contribution < -0.4 is 10.1 Å². The summed E-state index contributed by atoms with van der Waals surface area (Å²) in [7, 11) is 0. The minimum absolute atomic E-state index is 0.106. The number of thiazole rings is 1. The molecule has 0 aliphatic rings. The first-order valence-corrected chi connectivity index (χ1v) is 8.53. The zero-order valence-electron chi connectivity index (χ0n) is 12.7. The van der Waals surface area contributed by atoms with E-state index in [-0.39, 0.29) is 5.56 Å². The van der Waals surface area contributed by atoms with Crippen LogP contribution in [-0.2, 0) is 0 Å². The van der Waals surface area contributed by atoms with E-state index in [0.717, 1.165) is 11.1 Å². The van der Waals surface area contributed by atoms with E-state index in [9.17, 15) is 4.79 Å². The number of halogens is 1. The quantitative estimate of drug-likeness (QED) is 0.555. The van der Waals surface area contributed by atoms with Crippen molar-refractivity contribution in [3.05, 3.63) is 79.6 Å². The lowest BCUT2D eigenvalue weighted by Crippen LogP contribution is -2.23. The minimum atomic E-state index is -0.106. The van der Waals surface area contributed by atoms with Gasteiger partial charge in [-0.2, -0.15) is 0 Å². The van der Waals surface area contributed by atoms with Crippen molar-refractivity contribution in [3.63, 3.8) is 0 Å². The van der Waals surface area contributed by atoms with Gasteiger partial charge in [0.25, 0.3) is 5.56 Å². The summed E-state index contributed by atoms with van der Waals surface area (Å²) in [6.07, 6.45) is 1.88. The lowest BCUT2D eigenvalue weighted by Gasteiger charge is -1.96. The highest BCUT2D eigenvalue weighted by atomic mass is 35.5. The summed E-state index contributed by atoms with van der Waals surface area (Å²) in [4.78, 5) is 13.3. The molecule has 0 aliphatic heterocycles. The monoisotopic (exact) mass is 353 g/mol. The third-order valence-electron chi connectivity index (χ3n) is 3.73. The Labute approximate surface area is 146 Å². The van der Waals surface area contributed by atoms with E-state index in [4.69, 9.17) is 11.6 Å². The fraction of sp³-hybridized carbons (Fsp3) is 0.0556. The molecule has 4 aromatic rings. The van der Waals surface area contributed by atoms with E-state index < -0.39 is 0 Å². The highest BCUT2D eigenvalue weighted by Gasteiger charge is 2.13. The second-order valence-corrected chi connectivity index (χ2v) is 6.92. The fourth-order valence-electron chi connectivity index (χ4n) is 2.46. The molecule has 0 N–H and O–H groups in total. The summed E-state index contributed by atoms with van der Waals surface area (Å²) >= 11 is 7.26. The van der Waals surface area contributed by atoms with Crippen molar-refractivity contribution >= 4 is 34.0 Å². The van der Waals surface area contributed by atoms with Gasteiger partial charge < -0.3 is 0 Å². The van der Waals surface area contributed by atoms with Crippen LogP contribution in [0.1, 0.15) is 11.1 Å². The van der Waals surface area contributed by atoms with Gasteiger partial charge in [0, 0.05) is 10.6 Å². The number of hydrogen-bond acceptors (Lipinski definition) is 4. The first kappa shape index (κ1) is 15.1. The molecule has 0 saturated carbocycles. The molecule has 0 spiro atoms. The molecule has 0 aliphatic carbocycles. The van der Waals surface area contributed by atoms with Crippen LogP contribution in [-0.4, -0.2) is 14.6 Å². The Morgan fingerprint density at radius 3 is 2.46 bits per heavy atom.